The molecule has 0 radical (unpaired) electrons. The summed E-state index contributed by atoms with van der Waals surface area (Å²) in [7, 11) is 0. The topological polar surface area (TPSA) is 29.0 Å². The maximum absolute atomic E-state index is 5.83. The molecule has 3 nitrogen and oxygen atoms in total. The van der Waals surface area contributed by atoms with E-state index in [0.717, 1.165) is 24.5 Å². The highest BCUT2D eigenvalue weighted by atomic mass is 35.5. The van der Waals surface area contributed by atoms with Gasteiger partial charge in [-0.3, -0.25) is 0 Å². The highest BCUT2D eigenvalue weighted by Gasteiger charge is 2.13. The molecule has 1 aliphatic rings. The van der Waals surface area contributed by atoms with Gasteiger partial charge in [-0.2, -0.15) is 0 Å². The zero-order chi connectivity index (χ0) is 10.7. The van der Waals surface area contributed by atoms with E-state index in [1.54, 1.807) is 6.20 Å². The van der Waals surface area contributed by atoms with Crippen molar-refractivity contribution in [2.24, 2.45) is 0 Å². The molecule has 15 heavy (non-hydrogen) atoms. The zero-order valence-electron chi connectivity index (χ0n) is 9.04. The molecule has 1 saturated heterocycles. The molecule has 0 atom stereocenters. The molecule has 0 unspecified atom stereocenters. The van der Waals surface area contributed by atoms with Gasteiger partial charge in [-0.25, -0.2) is 9.97 Å². The van der Waals surface area contributed by atoms with Crippen molar-refractivity contribution in [2.75, 3.05) is 18.0 Å². The number of aromatic nitrogens is 2. The van der Waals surface area contributed by atoms with Gasteiger partial charge in [-0.1, -0.05) is 12.8 Å². The molecule has 0 aromatic carbocycles. The van der Waals surface area contributed by atoms with Gasteiger partial charge in [-0.05, 0) is 31.4 Å². The second kappa shape index (κ2) is 4.79. The van der Waals surface area contributed by atoms with Crippen molar-refractivity contribution in [3.8, 4) is 0 Å². The van der Waals surface area contributed by atoms with E-state index in [4.69, 9.17) is 11.6 Å². The minimum atomic E-state index is 0.347. The number of rotatable bonds is 1. The van der Waals surface area contributed by atoms with Gasteiger partial charge < -0.3 is 4.90 Å². The van der Waals surface area contributed by atoms with Gasteiger partial charge in [0, 0.05) is 24.8 Å². The van der Waals surface area contributed by atoms with Gasteiger partial charge in [0.2, 0.25) is 5.28 Å². The lowest BCUT2D eigenvalue weighted by Crippen LogP contribution is -2.25. The van der Waals surface area contributed by atoms with Crippen molar-refractivity contribution in [3.05, 3.63) is 17.0 Å². The van der Waals surface area contributed by atoms with Crippen molar-refractivity contribution < 1.29 is 0 Å². The first-order chi connectivity index (χ1) is 7.27. The Labute approximate surface area is 95.5 Å². The third kappa shape index (κ3) is 2.59. The Kier molecular flexibility index (Phi) is 3.41. The molecule has 2 heterocycles. The standard InChI is InChI=1S/C11H16ClN3/c1-9-8-13-11(12)14-10(9)15-6-4-2-3-5-7-15/h8H,2-7H2,1H3. The van der Waals surface area contributed by atoms with Gasteiger partial charge in [0.1, 0.15) is 5.82 Å². The normalized spacial score (nSPS) is 17.6. The Balaban J connectivity index is 2.22. The zero-order valence-corrected chi connectivity index (χ0v) is 9.80. The molecule has 0 saturated carbocycles. The molecule has 0 aliphatic carbocycles. The van der Waals surface area contributed by atoms with Gasteiger partial charge in [0.25, 0.3) is 0 Å². The second-order valence-corrected chi connectivity index (χ2v) is 4.38. The van der Waals surface area contributed by atoms with Crippen LogP contribution in [0.1, 0.15) is 31.2 Å². The van der Waals surface area contributed by atoms with E-state index in [0.29, 0.717) is 5.28 Å². The summed E-state index contributed by atoms with van der Waals surface area (Å²) >= 11 is 5.83. The van der Waals surface area contributed by atoms with Gasteiger partial charge in [0.15, 0.2) is 0 Å². The quantitative estimate of drug-likeness (QED) is 0.689. The molecular weight excluding hydrogens is 210 g/mol. The van der Waals surface area contributed by atoms with E-state index in [2.05, 4.69) is 14.9 Å². The first kappa shape index (κ1) is 10.7. The highest BCUT2D eigenvalue weighted by Crippen LogP contribution is 2.21. The summed E-state index contributed by atoms with van der Waals surface area (Å²) in [6.45, 7) is 4.22. The molecule has 0 amide bonds. The number of nitrogens with zero attached hydrogens (tertiary/aromatic N) is 3. The number of hydrogen-bond acceptors (Lipinski definition) is 3. The number of halogens is 1. The van der Waals surface area contributed by atoms with Crippen molar-refractivity contribution in [2.45, 2.75) is 32.6 Å². The largest absolute Gasteiger partial charge is 0.356 e. The Morgan fingerprint density at radius 1 is 1.20 bits per heavy atom. The van der Waals surface area contributed by atoms with Gasteiger partial charge in [-0.15, -0.1) is 0 Å². The monoisotopic (exact) mass is 225 g/mol. The van der Waals surface area contributed by atoms with E-state index in [-0.39, 0.29) is 0 Å². The average Bonchev–Trinajstić information content (AvgIpc) is 2.50. The second-order valence-electron chi connectivity index (χ2n) is 4.05. The summed E-state index contributed by atoms with van der Waals surface area (Å²) in [6.07, 6.45) is 6.96. The molecular formula is C11H16ClN3. The molecule has 0 spiro atoms. The van der Waals surface area contributed by atoms with Crippen molar-refractivity contribution >= 4 is 17.4 Å². The lowest BCUT2D eigenvalue weighted by molar-refractivity contribution is 0.726. The number of anilines is 1. The number of hydrogen-bond donors (Lipinski definition) is 0. The molecule has 2 rings (SSSR count). The third-order valence-corrected chi connectivity index (χ3v) is 3.00. The van der Waals surface area contributed by atoms with Crippen LogP contribution in [0.15, 0.2) is 6.20 Å². The fraction of sp³-hybridized carbons (Fsp3) is 0.636. The maximum Gasteiger partial charge on any atom is 0.224 e. The summed E-state index contributed by atoms with van der Waals surface area (Å²) < 4.78 is 0. The van der Waals surface area contributed by atoms with Gasteiger partial charge in [0.05, 0.1) is 0 Å². The Hall–Kier alpha value is -0.830. The molecule has 0 N–H and O–H groups in total. The lowest BCUT2D eigenvalue weighted by Gasteiger charge is -2.22. The molecule has 1 aromatic heterocycles. The van der Waals surface area contributed by atoms with Crippen molar-refractivity contribution in [1.29, 1.82) is 0 Å². The summed E-state index contributed by atoms with van der Waals surface area (Å²) in [5, 5.41) is 0.347. The molecule has 1 aliphatic heterocycles. The first-order valence-electron chi connectivity index (χ1n) is 5.51. The average molecular weight is 226 g/mol. The van der Waals surface area contributed by atoms with Crippen LogP contribution in [0.25, 0.3) is 0 Å². The Morgan fingerprint density at radius 2 is 1.87 bits per heavy atom. The van der Waals surface area contributed by atoms with Crippen molar-refractivity contribution in [3.63, 3.8) is 0 Å². The van der Waals surface area contributed by atoms with E-state index in [9.17, 15) is 0 Å². The SMILES string of the molecule is Cc1cnc(Cl)nc1N1CCCCCC1. The molecule has 82 valence electrons. The summed E-state index contributed by atoms with van der Waals surface area (Å²) in [4.78, 5) is 10.6. The maximum atomic E-state index is 5.83. The predicted octanol–water partition coefficient (Wildman–Crippen LogP) is 2.82. The van der Waals surface area contributed by atoms with Crippen LogP contribution < -0.4 is 4.90 Å². The van der Waals surface area contributed by atoms with Crippen LogP contribution >= 0.6 is 11.6 Å². The first-order valence-corrected chi connectivity index (χ1v) is 5.89. The van der Waals surface area contributed by atoms with E-state index >= 15 is 0 Å². The minimum absolute atomic E-state index is 0.347. The van der Waals surface area contributed by atoms with Crippen LogP contribution in [0.4, 0.5) is 5.82 Å². The number of aryl methyl sites for hydroxylation is 1. The molecule has 4 heteroatoms. The predicted molar refractivity (Wildman–Crippen MR) is 62.5 cm³/mol. The van der Waals surface area contributed by atoms with E-state index in [1.807, 2.05) is 6.92 Å². The van der Waals surface area contributed by atoms with Gasteiger partial charge >= 0.3 is 0 Å². The fourth-order valence-corrected chi connectivity index (χ4v) is 2.14. The molecule has 1 aromatic rings. The Bertz CT molecular complexity index is 333. The summed E-state index contributed by atoms with van der Waals surface area (Å²) in [6, 6.07) is 0. The van der Waals surface area contributed by atoms with Crippen LogP contribution in [-0.4, -0.2) is 23.1 Å². The molecule has 0 bridgehead atoms. The van der Waals surface area contributed by atoms with Crippen LogP contribution in [-0.2, 0) is 0 Å². The van der Waals surface area contributed by atoms with Crippen LogP contribution in [0, 0.1) is 6.92 Å². The minimum Gasteiger partial charge on any atom is -0.356 e. The van der Waals surface area contributed by atoms with Crippen LogP contribution in [0.5, 0.6) is 0 Å². The van der Waals surface area contributed by atoms with Crippen LogP contribution in [0.2, 0.25) is 5.28 Å². The Morgan fingerprint density at radius 3 is 2.53 bits per heavy atom. The van der Waals surface area contributed by atoms with Crippen LogP contribution in [0.3, 0.4) is 0 Å². The summed E-state index contributed by atoms with van der Waals surface area (Å²) in [5.41, 5.74) is 1.11. The van der Waals surface area contributed by atoms with Crippen molar-refractivity contribution in [1.82, 2.24) is 9.97 Å². The fourth-order valence-electron chi connectivity index (χ4n) is 2.01. The highest BCUT2D eigenvalue weighted by molar-refractivity contribution is 6.28. The molecule has 1 fully saturated rings. The van der Waals surface area contributed by atoms with E-state index in [1.165, 1.54) is 25.7 Å². The smallest absolute Gasteiger partial charge is 0.224 e. The summed E-state index contributed by atoms with van der Waals surface area (Å²) in [5.74, 6) is 1.01. The third-order valence-electron chi connectivity index (χ3n) is 2.82. The lowest BCUT2D eigenvalue weighted by atomic mass is 10.2. The van der Waals surface area contributed by atoms with E-state index < -0.39 is 0 Å².